The van der Waals surface area contributed by atoms with Crippen LogP contribution in [0.2, 0.25) is 5.15 Å². The first-order chi connectivity index (χ1) is 9.02. The molecular weight excluding hydrogens is 290 g/mol. The van der Waals surface area contributed by atoms with E-state index in [1.807, 2.05) is 0 Å². The zero-order valence-electron chi connectivity index (χ0n) is 9.46. The van der Waals surface area contributed by atoms with E-state index in [9.17, 15) is 19.5 Å². The molecule has 1 aromatic carbocycles. The van der Waals surface area contributed by atoms with Crippen LogP contribution in [0, 0.1) is 0 Å². The van der Waals surface area contributed by atoms with Crippen molar-refractivity contribution < 1.29 is 14.7 Å². The summed E-state index contributed by atoms with van der Waals surface area (Å²) in [5.74, 6) is -1.29. The Kier molecular flexibility index (Phi) is 3.82. The van der Waals surface area contributed by atoms with Gasteiger partial charge < -0.3 is 9.90 Å². The van der Waals surface area contributed by atoms with Crippen molar-refractivity contribution in [2.75, 3.05) is 0 Å². The molecule has 98 valence electrons. The van der Waals surface area contributed by atoms with E-state index in [-0.39, 0.29) is 27.0 Å². The molecule has 2 aromatic rings. The molecule has 0 fully saturated rings. The van der Waals surface area contributed by atoms with Crippen LogP contribution < -0.4 is 9.98 Å². The summed E-state index contributed by atoms with van der Waals surface area (Å²) in [5.41, 5.74) is 0.605. The number of carboxylic acid groups (broad SMARTS) is 1. The van der Waals surface area contributed by atoms with Gasteiger partial charge in [0.1, 0.15) is 10.0 Å². The molecule has 0 spiro atoms. The van der Waals surface area contributed by atoms with Crippen LogP contribution in [0.3, 0.4) is 0 Å². The van der Waals surface area contributed by atoms with Crippen LogP contribution in [-0.4, -0.2) is 16.8 Å². The number of aromatic nitrogens is 1. The molecule has 0 saturated carbocycles. The van der Waals surface area contributed by atoms with Gasteiger partial charge in [0.25, 0.3) is 0 Å². The molecule has 5 nitrogen and oxygen atoms in total. The molecule has 0 aliphatic heterocycles. The van der Waals surface area contributed by atoms with Gasteiger partial charge in [-0.15, -0.1) is 0 Å². The highest BCUT2D eigenvalue weighted by atomic mass is 35.5. The average molecular weight is 297 g/mol. The number of hydrogen-bond acceptors (Lipinski definition) is 5. The highest BCUT2D eigenvalue weighted by Crippen LogP contribution is 2.18. The van der Waals surface area contributed by atoms with E-state index in [0.29, 0.717) is 11.8 Å². The first-order valence-corrected chi connectivity index (χ1v) is 6.37. The second-order valence-electron chi connectivity index (χ2n) is 3.71. The summed E-state index contributed by atoms with van der Waals surface area (Å²) in [6.07, 6.45) is 0.516. The lowest BCUT2D eigenvalue weighted by Crippen LogP contribution is -2.22. The molecule has 19 heavy (non-hydrogen) atoms. The number of aldehydes is 1. The van der Waals surface area contributed by atoms with Crippen molar-refractivity contribution in [1.29, 1.82) is 0 Å². The fraction of sp³-hybridized carbons (Fsp3) is 0.0833. The van der Waals surface area contributed by atoms with E-state index in [0.717, 1.165) is 11.3 Å². The third-order valence-corrected chi connectivity index (χ3v) is 3.89. The fourth-order valence-electron chi connectivity index (χ4n) is 1.59. The smallest absolute Gasteiger partial charge is 0.309 e. The molecule has 0 amide bonds. The van der Waals surface area contributed by atoms with Gasteiger partial charge in [0.15, 0.2) is 6.29 Å². The summed E-state index contributed by atoms with van der Waals surface area (Å²) in [7, 11) is 0. The van der Waals surface area contributed by atoms with Crippen LogP contribution in [0.4, 0.5) is 0 Å². The summed E-state index contributed by atoms with van der Waals surface area (Å²) in [6.45, 7) is 0.100. The summed E-state index contributed by atoms with van der Waals surface area (Å²) < 4.78 is 1.21. The summed E-state index contributed by atoms with van der Waals surface area (Å²) in [4.78, 5) is 32.9. The van der Waals surface area contributed by atoms with Crippen molar-refractivity contribution in [1.82, 2.24) is 4.57 Å². The van der Waals surface area contributed by atoms with E-state index >= 15 is 0 Å². The van der Waals surface area contributed by atoms with Gasteiger partial charge in [0.05, 0.1) is 12.5 Å². The quantitative estimate of drug-likeness (QED) is 0.781. The number of aromatic carboxylic acids is 1. The van der Waals surface area contributed by atoms with Crippen LogP contribution in [0.15, 0.2) is 29.1 Å². The third-order valence-electron chi connectivity index (χ3n) is 2.47. The average Bonchev–Trinajstić information content (AvgIpc) is 2.66. The Hall–Kier alpha value is -1.92. The molecule has 1 aromatic heterocycles. The summed E-state index contributed by atoms with van der Waals surface area (Å²) >= 11 is 6.64. The Morgan fingerprint density at radius 3 is 2.79 bits per heavy atom. The highest BCUT2D eigenvalue weighted by molar-refractivity contribution is 7.11. The van der Waals surface area contributed by atoms with Crippen LogP contribution >= 0.6 is 22.9 Å². The van der Waals surface area contributed by atoms with E-state index in [1.165, 1.54) is 16.7 Å². The third kappa shape index (κ3) is 2.74. The number of carboxylic acids is 1. The molecule has 0 N–H and O–H groups in total. The molecule has 0 saturated heterocycles. The molecule has 2 rings (SSSR count). The van der Waals surface area contributed by atoms with E-state index in [2.05, 4.69) is 0 Å². The number of nitrogens with zero attached hydrogens (tertiary/aromatic N) is 1. The van der Waals surface area contributed by atoms with Gasteiger partial charge in [-0.1, -0.05) is 41.1 Å². The minimum atomic E-state index is -1.29. The molecule has 0 aliphatic carbocycles. The Balaban J connectivity index is 2.39. The van der Waals surface area contributed by atoms with Crippen molar-refractivity contribution in [3.8, 4) is 0 Å². The number of thiazole rings is 1. The van der Waals surface area contributed by atoms with Crippen molar-refractivity contribution in [2.45, 2.75) is 6.54 Å². The van der Waals surface area contributed by atoms with Gasteiger partial charge in [-0.2, -0.15) is 0 Å². The Morgan fingerprint density at radius 2 is 2.21 bits per heavy atom. The maximum absolute atomic E-state index is 11.7. The molecular formula is C12H7ClNO4S-. The summed E-state index contributed by atoms with van der Waals surface area (Å²) in [5, 5.41) is 10.8. The van der Waals surface area contributed by atoms with E-state index < -0.39 is 5.97 Å². The zero-order chi connectivity index (χ0) is 14.0. The normalized spacial score (nSPS) is 10.4. The second kappa shape index (κ2) is 5.38. The van der Waals surface area contributed by atoms with Crippen LogP contribution in [0.25, 0.3) is 0 Å². The topological polar surface area (TPSA) is 79.2 Å². The summed E-state index contributed by atoms with van der Waals surface area (Å²) in [6, 6.07) is 6.00. The molecule has 0 aliphatic rings. The van der Waals surface area contributed by atoms with Crippen molar-refractivity contribution in [3.05, 3.63) is 55.1 Å². The first-order valence-electron chi connectivity index (χ1n) is 5.17. The Morgan fingerprint density at radius 1 is 1.47 bits per heavy atom. The molecule has 0 unspecified atom stereocenters. The molecule has 0 bridgehead atoms. The number of hydrogen-bond donors (Lipinski definition) is 0. The monoisotopic (exact) mass is 296 g/mol. The highest BCUT2D eigenvalue weighted by Gasteiger charge is 2.12. The maximum Gasteiger partial charge on any atom is 0.309 e. The molecule has 0 atom stereocenters. The predicted molar refractivity (Wildman–Crippen MR) is 68.9 cm³/mol. The van der Waals surface area contributed by atoms with Crippen molar-refractivity contribution in [2.24, 2.45) is 0 Å². The van der Waals surface area contributed by atoms with E-state index in [1.54, 1.807) is 12.1 Å². The Bertz CT molecular complexity index is 704. The number of rotatable bonds is 4. The number of halogens is 1. The maximum atomic E-state index is 11.7. The minimum Gasteiger partial charge on any atom is -0.545 e. The second-order valence-corrected chi connectivity index (χ2v) is 5.07. The number of carbonyl (C=O) groups excluding carboxylic acids is 2. The minimum absolute atomic E-state index is 0.0208. The lowest BCUT2D eigenvalue weighted by Gasteiger charge is -2.07. The van der Waals surface area contributed by atoms with Crippen LogP contribution in [0.1, 0.15) is 25.6 Å². The van der Waals surface area contributed by atoms with Gasteiger partial charge in [-0.05, 0) is 17.2 Å². The Labute approximate surface area is 116 Å². The van der Waals surface area contributed by atoms with Crippen LogP contribution in [-0.2, 0) is 6.54 Å². The standard InChI is InChI=1S/C12H8ClNO4S/c13-10-9(6-15)19-12(18)14(10)5-7-2-1-3-8(4-7)11(16)17/h1-4,6H,5H2,(H,16,17)/p-1. The van der Waals surface area contributed by atoms with Gasteiger partial charge in [0.2, 0.25) is 0 Å². The number of carbonyl (C=O) groups is 2. The van der Waals surface area contributed by atoms with Crippen molar-refractivity contribution in [3.63, 3.8) is 0 Å². The molecule has 0 radical (unpaired) electrons. The van der Waals surface area contributed by atoms with Crippen LogP contribution in [0.5, 0.6) is 0 Å². The lowest BCUT2D eigenvalue weighted by atomic mass is 10.1. The van der Waals surface area contributed by atoms with Gasteiger partial charge in [0, 0.05) is 0 Å². The van der Waals surface area contributed by atoms with Gasteiger partial charge in [-0.25, -0.2) is 0 Å². The number of benzene rings is 1. The van der Waals surface area contributed by atoms with E-state index in [4.69, 9.17) is 11.6 Å². The molecule has 1 heterocycles. The van der Waals surface area contributed by atoms with Gasteiger partial charge in [-0.3, -0.25) is 14.2 Å². The zero-order valence-corrected chi connectivity index (χ0v) is 11.0. The fourth-order valence-corrected chi connectivity index (χ4v) is 2.63. The predicted octanol–water partition coefficient (Wildman–Crippen LogP) is 0.787. The lowest BCUT2D eigenvalue weighted by molar-refractivity contribution is -0.255. The van der Waals surface area contributed by atoms with Crippen molar-refractivity contribution >= 4 is 35.2 Å². The molecule has 7 heteroatoms. The largest absolute Gasteiger partial charge is 0.545 e. The van der Waals surface area contributed by atoms with Gasteiger partial charge >= 0.3 is 4.87 Å². The first kappa shape index (κ1) is 13.5. The SMILES string of the molecule is O=Cc1sc(=O)n(Cc2cccc(C(=O)[O-])c2)c1Cl.